The van der Waals surface area contributed by atoms with Crippen LogP contribution in [-0.4, -0.2) is 62.0 Å². The summed E-state index contributed by atoms with van der Waals surface area (Å²) >= 11 is 0. The molecule has 0 aliphatic carbocycles. The van der Waals surface area contributed by atoms with E-state index < -0.39 is 0 Å². The highest BCUT2D eigenvalue weighted by Crippen LogP contribution is 2.19. The van der Waals surface area contributed by atoms with E-state index in [-0.39, 0.29) is 0 Å². The zero-order chi connectivity index (χ0) is 13.7. The third kappa shape index (κ3) is 4.46. The van der Waals surface area contributed by atoms with Crippen molar-refractivity contribution >= 4 is 5.91 Å². The Labute approximate surface area is 117 Å². The third-order valence-corrected chi connectivity index (χ3v) is 4.71. The zero-order valence-corrected chi connectivity index (χ0v) is 12.5. The molecule has 4 heteroatoms. The Morgan fingerprint density at radius 1 is 1.32 bits per heavy atom. The molecule has 109 valence electrons. The van der Waals surface area contributed by atoms with Crippen LogP contribution in [0.1, 0.15) is 38.5 Å². The SMILES string of the molecule is CN1CCC(N(C)C(=O)CCC2CCC[N]C2)CC1. The fourth-order valence-electron chi connectivity index (χ4n) is 3.18. The van der Waals surface area contributed by atoms with Gasteiger partial charge in [-0.3, -0.25) is 4.79 Å². The predicted octanol–water partition coefficient (Wildman–Crippen LogP) is 1.33. The summed E-state index contributed by atoms with van der Waals surface area (Å²) in [5.74, 6) is 0.990. The van der Waals surface area contributed by atoms with Gasteiger partial charge in [-0.25, -0.2) is 5.32 Å². The molecule has 0 aromatic heterocycles. The first-order chi connectivity index (χ1) is 9.16. The van der Waals surface area contributed by atoms with E-state index in [0.717, 1.165) is 45.4 Å². The number of piperidine rings is 2. The number of amides is 1. The van der Waals surface area contributed by atoms with Gasteiger partial charge in [0.2, 0.25) is 5.91 Å². The van der Waals surface area contributed by atoms with Crippen LogP contribution in [0.2, 0.25) is 0 Å². The molecule has 2 rings (SSSR count). The first-order valence-electron chi connectivity index (χ1n) is 7.74. The Balaban J connectivity index is 1.69. The van der Waals surface area contributed by atoms with Gasteiger partial charge in [0.1, 0.15) is 0 Å². The van der Waals surface area contributed by atoms with Crippen molar-refractivity contribution in [2.45, 2.75) is 44.6 Å². The molecule has 2 fully saturated rings. The van der Waals surface area contributed by atoms with Crippen molar-refractivity contribution in [2.75, 3.05) is 40.3 Å². The first kappa shape index (κ1) is 14.8. The van der Waals surface area contributed by atoms with Crippen molar-refractivity contribution in [3.8, 4) is 0 Å². The van der Waals surface area contributed by atoms with Crippen molar-refractivity contribution in [3.05, 3.63) is 0 Å². The van der Waals surface area contributed by atoms with Crippen LogP contribution in [-0.2, 0) is 4.79 Å². The van der Waals surface area contributed by atoms with E-state index in [2.05, 4.69) is 17.3 Å². The van der Waals surface area contributed by atoms with Crippen LogP contribution in [0.15, 0.2) is 0 Å². The quantitative estimate of drug-likeness (QED) is 0.770. The second-order valence-corrected chi connectivity index (χ2v) is 6.22. The van der Waals surface area contributed by atoms with E-state index in [0.29, 0.717) is 24.3 Å². The molecular weight excluding hydrogens is 238 g/mol. The van der Waals surface area contributed by atoms with E-state index in [4.69, 9.17) is 0 Å². The molecule has 0 aromatic rings. The molecule has 1 atom stereocenters. The van der Waals surface area contributed by atoms with E-state index in [1.54, 1.807) is 0 Å². The van der Waals surface area contributed by atoms with Crippen molar-refractivity contribution in [1.82, 2.24) is 15.1 Å². The van der Waals surface area contributed by atoms with Crippen LogP contribution in [0.25, 0.3) is 0 Å². The highest BCUT2D eigenvalue weighted by molar-refractivity contribution is 5.76. The molecule has 0 aromatic carbocycles. The van der Waals surface area contributed by atoms with Gasteiger partial charge >= 0.3 is 0 Å². The minimum atomic E-state index is 0.333. The summed E-state index contributed by atoms with van der Waals surface area (Å²) in [6.07, 6.45) is 6.45. The van der Waals surface area contributed by atoms with Crippen molar-refractivity contribution in [3.63, 3.8) is 0 Å². The number of nitrogens with zero attached hydrogens (tertiary/aromatic N) is 3. The number of hydrogen-bond acceptors (Lipinski definition) is 2. The normalized spacial score (nSPS) is 26.3. The van der Waals surface area contributed by atoms with E-state index >= 15 is 0 Å². The summed E-state index contributed by atoms with van der Waals surface area (Å²) in [5.41, 5.74) is 0. The fourth-order valence-corrected chi connectivity index (χ4v) is 3.18. The number of likely N-dealkylation sites (tertiary alicyclic amines) is 1. The summed E-state index contributed by atoms with van der Waals surface area (Å²) in [4.78, 5) is 16.6. The lowest BCUT2D eigenvalue weighted by Gasteiger charge is -2.35. The van der Waals surface area contributed by atoms with Crippen molar-refractivity contribution < 1.29 is 4.79 Å². The molecule has 0 bridgehead atoms. The molecule has 2 heterocycles. The number of carbonyl (C=O) groups excluding carboxylic acids is 1. The highest BCUT2D eigenvalue weighted by atomic mass is 16.2. The summed E-state index contributed by atoms with van der Waals surface area (Å²) < 4.78 is 0. The van der Waals surface area contributed by atoms with Gasteiger partial charge in [-0.05, 0) is 58.2 Å². The molecule has 1 radical (unpaired) electrons. The Bertz CT molecular complexity index is 281. The molecule has 19 heavy (non-hydrogen) atoms. The maximum atomic E-state index is 12.2. The Morgan fingerprint density at radius 2 is 2.05 bits per heavy atom. The van der Waals surface area contributed by atoms with Crippen LogP contribution in [0, 0.1) is 5.92 Å². The van der Waals surface area contributed by atoms with Crippen LogP contribution < -0.4 is 5.32 Å². The molecule has 2 aliphatic rings. The van der Waals surface area contributed by atoms with Gasteiger partial charge in [-0.15, -0.1) is 0 Å². The number of carbonyl (C=O) groups is 1. The molecule has 2 saturated heterocycles. The van der Waals surface area contributed by atoms with Gasteiger partial charge in [0, 0.05) is 32.6 Å². The molecule has 0 spiro atoms. The predicted molar refractivity (Wildman–Crippen MR) is 77.1 cm³/mol. The van der Waals surface area contributed by atoms with E-state index in [1.807, 2.05) is 11.9 Å². The highest BCUT2D eigenvalue weighted by Gasteiger charge is 2.24. The lowest BCUT2D eigenvalue weighted by atomic mass is 9.94. The standard InChI is InChI=1S/C15H28N3O/c1-17-10-7-14(8-11-17)18(2)15(19)6-5-13-4-3-9-16-12-13/h13-14H,3-12H2,1-2H3. The van der Waals surface area contributed by atoms with Gasteiger partial charge < -0.3 is 9.80 Å². The summed E-state index contributed by atoms with van der Waals surface area (Å²) in [7, 11) is 4.15. The lowest BCUT2D eigenvalue weighted by molar-refractivity contribution is -0.133. The largest absolute Gasteiger partial charge is 0.343 e. The number of rotatable bonds is 4. The minimum Gasteiger partial charge on any atom is -0.343 e. The lowest BCUT2D eigenvalue weighted by Crippen LogP contribution is -2.44. The molecule has 1 unspecified atom stereocenters. The zero-order valence-electron chi connectivity index (χ0n) is 12.5. The first-order valence-corrected chi connectivity index (χ1v) is 7.74. The average Bonchev–Trinajstić information content (AvgIpc) is 2.46. The van der Waals surface area contributed by atoms with Crippen molar-refractivity contribution in [2.24, 2.45) is 5.92 Å². The van der Waals surface area contributed by atoms with Crippen LogP contribution in [0.4, 0.5) is 0 Å². The maximum absolute atomic E-state index is 12.2. The third-order valence-electron chi connectivity index (χ3n) is 4.71. The average molecular weight is 266 g/mol. The molecule has 1 amide bonds. The van der Waals surface area contributed by atoms with Gasteiger partial charge in [-0.1, -0.05) is 0 Å². The smallest absolute Gasteiger partial charge is 0.222 e. The van der Waals surface area contributed by atoms with Crippen molar-refractivity contribution in [1.29, 1.82) is 0 Å². The summed E-state index contributed by atoms with van der Waals surface area (Å²) in [6.45, 7) is 4.23. The molecular formula is C15H28N3O. The Kier molecular flexibility index (Phi) is 5.64. The Hall–Kier alpha value is -0.610. The summed E-state index contributed by atoms with van der Waals surface area (Å²) in [5, 5.41) is 4.45. The maximum Gasteiger partial charge on any atom is 0.222 e. The van der Waals surface area contributed by atoms with Gasteiger partial charge in [0.05, 0.1) is 0 Å². The fraction of sp³-hybridized carbons (Fsp3) is 0.933. The van der Waals surface area contributed by atoms with Gasteiger partial charge in [0.15, 0.2) is 0 Å². The Morgan fingerprint density at radius 3 is 2.68 bits per heavy atom. The molecule has 0 N–H and O–H groups in total. The van der Waals surface area contributed by atoms with Crippen LogP contribution in [0.5, 0.6) is 0 Å². The second kappa shape index (κ2) is 7.25. The number of hydrogen-bond donors (Lipinski definition) is 0. The second-order valence-electron chi connectivity index (χ2n) is 6.22. The monoisotopic (exact) mass is 266 g/mol. The van der Waals surface area contributed by atoms with Gasteiger partial charge in [0.25, 0.3) is 0 Å². The topological polar surface area (TPSA) is 37.7 Å². The van der Waals surface area contributed by atoms with Gasteiger partial charge in [-0.2, -0.15) is 0 Å². The minimum absolute atomic E-state index is 0.333. The van der Waals surface area contributed by atoms with E-state index in [9.17, 15) is 4.79 Å². The molecule has 0 saturated carbocycles. The molecule has 2 aliphatic heterocycles. The van der Waals surface area contributed by atoms with Crippen LogP contribution >= 0.6 is 0 Å². The summed E-state index contributed by atoms with van der Waals surface area (Å²) in [6, 6.07) is 0.458. The molecule has 4 nitrogen and oxygen atoms in total. The van der Waals surface area contributed by atoms with E-state index in [1.165, 1.54) is 12.8 Å². The van der Waals surface area contributed by atoms with Crippen LogP contribution in [0.3, 0.4) is 0 Å².